The quantitative estimate of drug-likeness (QED) is 0.891. The van der Waals surface area contributed by atoms with Gasteiger partial charge in [0.1, 0.15) is 5.52 Å². The summed E-state index contributed by atoms with van der Waals surface area (Å²) in [6, 6.07) is 0. The summed E-state index contributed by atoms with van der Waals surface area (Å²) in [4.78, 5) is 12.1. The van der Waals surface area contributed by atoms with E-state index in [2.05, 4.69) is 35.7 Å². The molecule has 0 aliphatic rings. The Hall–Kier alpha value is -1.42. The molecule has 0 aromatic carbocycles. The first kappa shape index (κ1) is 14.0. The van der Waals surface area contributed by atoms with Crippen molar-refractivity contribution in [1.29, 1.82) is 0 Å². The first-order valence-corrected chi connectivity index (χ1v) is 6.79. The Balaban J connectivity index is 2.43. The Kier molecular flexibility index (Phi) is 3.63. The lowest BCUT2D eigenvalue weighted by molar-refractivity contribution is 0.122. The van der Waals surface area contributed by atoms with Crippen LogP contribution in [0, 0.1) is 11.3 Å². The molecule has 0 saturated carbocycles. The number of aliphatic hydroxyl groups excluding tert-OH is 1. The van der Waals surface area contributed by atoms with Gasteiger partial charge in [0.05, 0.1) is 18.0 Å². The summed E-state index contributed by atoms with van der Waals surface area (Å²) in [5, 5.41) is 10.1. The molecule has 0 aliphatic heterocycles. The topological polar surface area (TPSA) is 61.8 Å². The number of H-pyrrole nitrogens is 1. The largest absolute Gasteiger partial charge is 0.386 e. The third-order valence-electron chi connectivity index (χ3n) is 3.13. The minimum absolute atomic E-state index is 0.136. The first-order chi connectivity index (χ1) is 8.78. The summed E-state index contributed by atoms with van der Waals surface area (Å²) >= 11 is 0. The van der Waals surface area contributed by atoms with E-state index in [-0.39, 0.29) is 11.3 Å². The molecule has 4 heteroatoms. The molecule has 2 N–H and O–H groups in total. The van der Waals surface area contributed by atoms with Crippen LogP contribution >= 0.6 is 0 Å². The molecule has 0 fully saturated rings. The lowest BCUT2D eigenvalue weighted by Gasteiger charge is -2.17. The second-order valence-corrected chi connectivity index (χ2v) is 6.73. The van der Waals surface area contributed by atoms with Gasteiger partial charge in [-0.2, -0.15) is 0 Å². The van der Waals surface area contributed by atoms with Gasteiger partial charge in [-0.25, -0.2) is 9.97 Å². The molecule has 0 radical (unpaired) electrons. The zero-order chi connectivity index (χ0) is 14.2. The number of nitrogens with zero attached hydrogens (tertiary/aromatic N) is 2. The summed E-state index contributed by atoms with van der Waals surface area (Å²) in [5.74, 6) is 0.136. The van der Waals surface area contributed by atoms with Gasteiger partial charge in [0, 0.05) is 6.20 Å². The molecule has 4 nitrogen and oxygen atoms in total. The van der Waals surface area contributed by atoms with Crippen LogP contribution in [-0.2, 0) is 6.42 Å². The van der Waals surface area contributed by atoms with E-state index in [1.165, 1.54) is 0 Å². The smallest absolute Gasteiger partial charge is 0.156 e. The predicted octanol–water partition coefficient (Wildman–Crippen LogP) is 3.24. The Morgan fingerprint density at radius 2 is 2.00 bits per heavy atom. The zero-order valence-corrected chi connectivity index (χ0v) is 12.4. The number of aliphatic hydroxyl groups is 1. The van der Waals surface area contributed by atoms with Crippen LogP contribution in [0.25, 0.3) is 11.2 Å². The average Bonchev–Trinajstić information content (AvgIpc) is 2.68. The lowest BCUT2D eigenvalue weighted by atomic mass is 9.89. The minimum Gasteiger partial charge on any atom is -0.386 e. The average molecular weight is 261 g/mol. The highest BCUT2D eigenvalue weighted by atomic mass is 16.3. The number of hydrogen-bond donors (Lipinski definition) is 2. The predicted molar refractivity (Wildman–Crippen MR) is 76.8 cm³/mol. The summed E-state index contributed by atoms with van der Waals surface area (Å²) < 4.78 is 0. The van der Waals surface area contributed by atoms with Crippen LogP contribution in [0.1, 0.15) is 52.0 Å². The molecule has 104 valence electrons. The van der Waals surface area contributed by atoms with Crippen molar-refractivity contribution >= 4 is 11.2 Å². The van der Waals surface area contributed by atoms with Gasteiger partial charge in [0.25, 0.3) is 0 Å². The molecule has 0 bridgehead atoms. The van der Waals surface area contributed by atoms with Crippen LogP contribution in [0.2, 0.25) is 0 Å². The Bertz CT molecular complexity index is 566. The number of nitrogens with one attached hydrogen (secondary N) is 1. The molecular weight excluding hydrogens is 238 g/mol. The third-order valence-corrected chi connectivity index (χ3v) is 3.13. The van der Waals surface area contributed by atoms with Crippen molar-refractivity contribution in [2.75, 3.05) is 0 Å². The Morgan fingerprint density at radius 3 is 2.58 bits per heavy atom. The number of fused-ring (bicyclic) bond motifs is 1. The molecular formula is C15H23N3O. The van der Waals surface area contributed by atoms with Gasteiger partial charge in [-0.05, 0) is 23.3 Å². The van der Waals surface area contributed by atoms with E-state index in [0.29, 0.717) is 5.69 Å². The van der Waals surface area contributed by atoms with Gasteiger partial charge in [0.2, 0.25) is 0 Å². The second kappa shape index (κ2) is 4.93. The van der Waals surface area contributed by atoms with Crippen molar-refractivity contribution in [2.24, 2.45) is 11.3 Å². The monoisotopic (exact) mass is 261 g/mol. The second-order valence-electron chi connectivity index (χ2n) is 6.73. The van der Waals surface area contributed by atoms with E-state index in [4.69, 9.17) is 0 Å². The summed E-state index contributed by atoms with van der Waals surface area (Å²) in [5.41, 5.74) is 3.68. The van der Waals surface area contributed by atoms with Crippen molar-refractivity contribution in [2.45, 2.75) is 47.1 Å². The maximum absolute atomic E-state index is 10.1. The third kappa shape index (κ3) is 3.13. The number of aromatic amines is 1. The van der Waals surface area contributed by atoms with Gasteiger partial charge < -0.3 is 10.1 Å². The molecule has 0 aliphatic carbocycles. The molecule has 19 heavy (non-hydrogen) atoms. The van der Waals surface area contributed by atoms with Gasteiger partial charge in [0.15, 0.2) is 5.65 Å². The fourth-order valence-electron chi connectivity index (χ4n) is 2.15. The van der Waals surface area contributed by atoms with Crippen molar-refractivity contribution < 1.29 is 5.11 Å². The van der Waals surface area contributed by atoms with Gasteiger partial charge in [-0.15, -0.1) is 0 Å². The standard InChI is InChI=1S/C15H23N3O/c1-9(2)13(19)11-8-17-14-12(18-11)10(7-16-14)6-15(3,4)5/h7-9,13,19H,6H2,1-5H3,(H,16,17). The fraction of sp³-hybridized carbons (Fsp3) is 0.600. The molecule has 2 rings (SSSR count). The van der Waals surface area contributed by atoms with E-state index in [0.717, 1.165) is 23.1 Å². The highest BCUT2D eigenvalue weighted by molar-refractivity contribution is 5.75. The molecule has 2 heterocycles. The summed E-state index contributed by atoms with van der Waals surface area (Å²) in [6.45, 7) is 10.6. The van der Waals surface area contributed by atoms with Crippen molar-refractivity contribution in [3.8, 4) is 0 Å². The Labute approximate surface area is 114 Å². The number of rotatable bonds is 3. The minimum atomic E-state index is -0.561. The fourth-order valence-corrected chi connectivity index (χ4v) is 2.15. The zero-order valence-electron chi connectivity index (χ0n) is 12.4. The molecule has 1 unspecified atom stereocenters. The molecule has 1 atom stereocenters. The van der Waals surface area contributed by atoms with Crippen LogP contribution in [-0.4, -0.2) is 20.1 Å². The molecule has 0 saturated heterocycles. The number of aromatic nitrogens is 3. The van der Waals surface area contributed by atoms with E-state index in [1.807, 2.05) is 20.0 Å². The summed E-state index contributed by atoms with van der Waals surface area (Å²) in [7, 11) is 0. The Morgan fingerprint density at radius 1 is 1.32 bits per heavy atom. The van der Waals surface area contributed by atoms with Crippen LogP contribution in [0.3, 0.4) is 0 Å². The van der Waals surface area contributed by atoms with Crippen molar-refractivity contribution in [3.63, 3.8) is 0 Å². The van der Waals surface area contributed by atoms with Crippen LogP contribution in [0.4, 0.5) is 0 Å². The van der Waals surface area contributed by atoms with Gasteiger partial charge in [-0.3, -0.25) is 0 Å². The van der Waals surface area contributed by atoms with E-state index >= 15 is 0 Å². The molecule has 0 amide bonds. The van der Waals surface area contributed by atoms with Crippen LogP contribution in [0.15, 0.2) is 12.4 Å². The molecule has 2 aromatic rings. The van der Waals surface area contributed by atoms with Gasteiger partial charge in [-0.1, -0.05) is 34.6 Å². The first-order valence-electron chi connectivity index (χ1n) is 6.79. The van der Waals surface area contributed by atoms with E-state index in [1.54, 1.807) is 6.20 Å². The van der Waals surface area contributed by atoms with E-state index in [9.17, 15) is 5.11 Å². The maximum atomic E-state index is 10.1. The SMILES string of the molecule is CC(C)C(O)c1cnc2[nH]cc(CC(C)(C)C)c2n1. The van der Waals surface area contributed by atoms with Crippen molar-refractivity contribution in [1.82, 2.24) is 15.0 Å². The summed E-state index contributed by atoms with van der Waals surface area (Å²) in [6.07, 6.45) is 4.00. The molecule has 2 aromatic heterocycles. The highest BCUT2D eigenvalue weighted by Crippen LogP contribution is 2.26. The van der Waals surface area contributed by atoms with E-state index < -0.39 is 6.10 Å². The van der Waals surface area contributed by atoms with Crippen LogP contribution < -0.4 is 0 Å². The number of hydrogen-bond acceptors (Lipinski definition) is 3. The maximum Gasteiger partial charge on any atom is 0.156 e. The highest BCUT2D eigenvalue weighted by Gasteiger charge is 2.19. The van der Waals surface area contributed by atoms with Crippen LogP contribution in [0.5, 0.6) is 0 Å². The molecule has 0 spiro atoms. The van der Waals surface area contributed by atoms with Gasteiger partial charge >= 0.3 is 0 Å². The normalized spacial score (nSPS) is 14.3. The van der Waals surface area contributed by atoms with Crippen molar-refractivity contribution in [3.05, 3.63) is 23.7 Å². The lowest BCUT2D eigenvalue weighted by Crippen LogP contribution is -2.10.